The lowest BCUT2D eigenvalue weighted by atomic mass is 9.86. The van der Waals surface area contributed by atoms with Gasteiger partial charge in [0.1, 0.15) is 0 Å². The number of amides is 1. The van der Waals surface area contributed by atoms with Gasteiger partial charge in [-0.05, 0) is 35.1 Å². The molecular weight excluding hydrogens is 404 g/mol. The van der Waals surface area contributed by atoms with Crippen molar-refractivity contribution in [2.24, 2.45) is 0 Å². The molecule has 0 radical (unpaired) electrons. The molecule has 0 spiro atoms. The van der Waals surface area contributed by atoms with Crippen LogP contribution in [0.25, 0.3) is 0 Å². The van der Waals surface area contributed by atoms with E-state index in [1.807, 2.05) is 24.3 Å². The monoisotopic (exact) mass is 430 g/mol. The number of rotatable bonds is 5. The fourth-order valence-corrected chi connectivity index (χ4v) is 5.32. The van der Waals surface area contributed by atoms with Gasteiger partial charge in [-0.2, -0.15) is 0 Å². The number of hydrogen-bond acceptors (Lipinski definition) is 5. The van der Waals surface area contributed by atoms with Crippen molar-refractivity contribution in [1.29, 1.82) is 0 Å². The SMILES string of the molecule is CC(C)(C)c1ccc(CN(C(=O)c2ccc([N+](=O)[O-])cc2)C2CCS(=O)(=O)C2)cc1. The van der Waals surface area contributed by atoms with Crippen LogP contribution in [-0.4, -0.2) is 41.7 Å². The minimum absolute atomic E-state index is 0.00627. The number of carbonyl (C=O) groups excluding carboxylic acids is 1. The third kappa shape index (κ3) is 5.05. The molecule has 1 atom stereocenters. The minimum Gasteiger partial charge on any atom is -0.330 e. The van der Waals surface area contributed by atoms with E-state index in [4.69, 9.17) is 0 Å². The molecule has 1 aliphatic heterocycles. The van der Waals surface area contributed by atoms with Crippen molar-refractivity contribution in [3.63, 3.8) is 0 Å². The van der Waals surface area contributed by atoms with Crippen LogP contribution in [0.4, 0.5) is 5.69 Å². The van der Waals surface area contributed by atoms with Gasteiger partial charge in [0.15, 0.2) is 9.84 Å². The molecule has 1 amide bonds. The number of nitro groups is 1. The number of hydrogen-bond donors (Lipinski definition) is 0. The standard InChI is InChI=1S/C22H26N2O5S/c1-22(2,3)18-8-4-16(5-9-18)14-23(20-12-13-30(28,29)15-20)21(25)17-6-10-19(11-7-17)24(26)27/h4-11,20H,12-15H2,1-3H3. The maximum Gasteiger partial charge on any atom is 0.269 e. The van der Waals surface area contributed by atoms with Gasteiger partial charge in [-0.1, -0.05) is 45.0 Å². The average Bonchev–Trinajstić information content (AvgIpc) is 3.05. The van der Waals surface area contributed by atoms with Crippen LogP contribution in [0.15, 0.2) is 48.5 Å². The molecule has 160 valence electrons. The molecule has 0 aliphatic carbocycles. The molecule has 0 aromatic heterocycles. The first kappa shape index (κ1) is 22.0. The highest BCUT2D eigenvalue weighted by atomic mass is 32.2. The number of sulfone groups is 1. The third-order valence-corrected chi connectivity index (χ3v) is 7.16. The summed E-state index contributed by atoms with van der Waals surface area (Å²) in [6, 6.07) is 13.0. The third-order valence-electron chi connectivity index (χ3n) is 5.41. The zero-order chi connectivity index (χ0) is 22.1. The Hall–Kier alpha value is -2.74. The van der Waals surface area contributed by atoms with Crippen molar-refractivity contribution in [2.75, 3.05) is 11.5 Å². The van der Waals surface area contributed by atoms with Gasteiger partial charge in [0, 0.05) is 30.3 Å². The second kappa shape index (κ2) is 8.18. The van der Waals surface area contributed by atoms with Crippen molar-refractivity contribution >= 4 is 21.4 Å². The lowest BCUT2D eigenvalue weighted by molar-refractivity contribution is -0.384. The van der Waals surface area contributed by atoms with E-state index in [9.17, 15) is 23.3 Å². The maximum atomic E-state index is 13.2. The van der Waals surface area contributed by atoms with Crippen LogP contribution in [0.1, 0.15) is 48.7 Å². The summed E-state index contributed by atoms with van der Waals surface area (Å²) in [7, 11) is -3.18. The Bertz CT molecular complexity index is 1040. The van der Waals surface area contributed by atoms with Crippen LogP contribution >= 0.6 is 0 Å². The van der Waals surface area contributed by atoms with Crippen LogP contribution in [0, 0.1) is 10.1 Å². The molecule has 7 nitrogen and oxygen atoms in total. The maximum absolute atomic E-state index is 13.2. The fraction of sp³-hybridized carbons (Fsp3) is 0.409. The number of benzene rings is 2. The normalized spacial score (nSPS) is 18.2. The summed E-state index contributed by atoms with van der Waals surface area (Å²) in [5, 5.41) is 10.9. The Balaban J connectivity index is 1.88. The van der Waals surface area contributed by atoms with Crippen LogP contribution < -0.4 is 0 Å². The van der Waals surface area contributed by atoms with Crippen molar-refractivity contribution in [3.8, 4) is 0 Å². The van der Waals surface area contributed by atoms with Gasteiger partial charge in [-0.3, -0.25) is 14.9 Å². The molecule has 1 aliphatic rings. The molecule has 2 aromatic rings. The van der Waals surface area contributed by atoms with Gasteiger partial charge < -0.3 is 4.90 Å². The highest BCUT2D eigenvalue weighted by molar-refractivity contribution is 7.91. The van der Waals surface area contributed by atoms with Crippen molar-refractivity contribution in [2.45, 2.75) is 45.2 Å². The summed E-state index contributed by atoms with van der Waals surface area (Å²) < 4.78 is 24.0. The van der Waals surface area contributed by atoms with Crippen LogP contribution in [0.2, 0.25) is 0 Å². The topological polar surface area (TPSA) is 97.6 Å². The smallest absolute Gasteiger partial charge is 0.269 e. The molecule has 0 saturated carbocycles. The van der Waals surface area contributed by atoms with Gasteiger partial charge in [0.25, 0.3) is 11.6 Å². The summed E-state index contributed by atoms with van der Waals surface area (Å²) in [6.07, 6.45) is 0.390. The quantitative estimate of drug-likeness (QED) is 0.532. The van der Waals surface area contributed by atoms with Crippen LogP contribution in [0.3, 0.4) is 0 Å². The second-order valence-corrected chi connectivity index (χ2v) is 11.0. The van der Waals surface area contributed by atoms with Gasteiger partial charge in [0.2, 0.25) is 0 Å². The lowest BCUT2D eigenvalue weighted by Gasteiger charge is -2.29. The van der Waals surface area contributed by atoms with Crippen molar-refractivity contribution in [1.82, 2.24) is 4.90 Å². The number of carbonyl (C=O) groups is 1. The summed E-state index contributed by atoms with van der Waals surface area (Å²) in [6.45, 7) is 6.64. The number of nitrogens with zero attached hydrogens (tertiary/aromatic N) is 2. The highest BCUT2D eigenvalue weighted by Gasteiger charge is 2.35. The molecule has 1 fully saturated rings. The lowest BCUT2D eigenvalue weighted by Crippen LogP contribution is -2.40. The number of non-ortho nitro benzene ring substituents is 1. The van der Waals surface area contributed by atoms with Crippen molar-refractivity contribution < 1.29 is 18.1 Å². The van der Waals surface area contributed by atoms with Crippen LogP contribution in [-0.2, 0) is 21.8 Å². The average molecular weight is 431 g/mol. The van der Waals surface area contributed by atoms with Gasteiger partial charge >= 0.3 is 0 Å². The Morgan fingerprint density at radius 1 is 1.10 bits per heavy atom. The van der Waals surface area contributed by atoms with E-state index >= 15 is 0 Å². The van der Waals surface area contributed by atoms with Crippen LogP contribution in [0.5, 0.6) is 0 Å². The molecule has 1 unspecified atom stereocenters. The van der Waals surface area contributed by atoms with Crippen molar-refractivity contribution in [3.05, 3.63) is 75.3 Å². The first-order valence-electron chi connectivity index (χ1n) is 9.81. The molecule has 0 bridgehead atoms. The summed E-state index contributed by atoms with van der Waals surface area (Å²) in [5.41, 5.74) is 2.28. The Kier molecular flexibility index (Phi) is 5.99. The predicted octanol–water partition coefficient (Wildman–Crippen LogP) is 3.72. The zero-order valence-electron chi connectivity index (χ0n) is 17.4. The molecule has 2 aromatic carbocycles. The molecule has 0 N–H and O–H groups in total. The van der Waals surface area contributed by atoms with Gasteiger partial charge in [-0.25, -0.2) is 8.42 Å². The van der Waals surface area contributed by atoms with E-state index < -0.39 is 20.8 Å². The first-order valence-corrected chi connectivity index (χ1v) is 11.6. The van der Waals surface area contributed by atoms with E-state index in [0.29, 0.717) is 12.0 Å². The molecule has 3 rings (SSSR count). The zero-order valence-corrected chi connectivity index (χ0v) is 18.2. The molecule has 1 heterocycles. The van der Waals surface area contributed by atoms with E-state index in [0.717, 1.165) is 5.56 Å². The van der Waals surface area contributed by atoms with E-state index in [1.54, 1.807) is 4.90 Å². The second-order valence-electron chi connectivity index (χ2n) is 8.74. The summed E-state index contributed by atoms with van der Waals surface area (Å²) >= 11 is 0. The Morgan fingerprint density at radius 3 is 2.17 bits per heavy atom. The summed E-state index contributed by atoms with van der Waals surface area (Å²) in [4.78, 5) is 25.2. The van der Waals surface area contributed by atoms with Gasteiger partial charge in [0.05, 0.1) is 16.4 Å². The largest absolute Gasteiger partial charge is 0.330 e. The van der Waals surface area contributed by atoms with E-state index in [2.05, 4.69) is 20.8 Å². The minimum atomic E-state index is -3.18. The van der Waals surface area contributed by atoms with E-state index in [-0.39, 0.29) is 35.1 Å². The molecule has 1 saturated heterocycles. The first-order chi connectivity index (χ1) is 14.0. The number of nitro benzene ring substituents is 1. The predicted molar refractivity (Wildman–Crippen MR) is 115 cm³/mol. The molecular formula is C22H26N2O5S. The fourth-order valence-electron chi connectivity index (χ4n) is 3.59. The Labute approximate surface area is 176 Å². The molecule has 30 heavy (non-hydrogen) atoms. The summed E-state index contributed by atoms with van der Waals surface area (Å²) in [5.74, 6) is -0.330. The van der Waals surface area contributed by atoms with E-state index in [1.165, 1.54) is 29.8 Å². The molecule has 8 heteroatoms. The highest BCUT2D eigenvalue weighted by Crippen LogP contribution is 2.26. The Morgan fingerprint density at radius 2 is 1.70 bits per heavy atom. The van der Waals surface area contributed by atoms with Gasteiger partial charge in [-0.15, -0.1) is 0 Å².